The highest BCUT2D eigenvalue weighted by Gasteiger charge is 2.29. The van der Waals surface area contributed by atoms with Crippen LogP contribution in [-0.4, -0.2) is 47.5 Å². The molecule has 7 nitrogen and oxygen atoms in total. The number of hydrogen-bond acceptors (Lipinski definition) is 4. The van der Waals surface area contributed by atoms with Gasteiger partial charge in [-0.15, -0.1) is 0 Å². The molecule has 23 heavy (non-hydrogen) atoms. The van der Waals surface area contributed by atoms with Crippen LogP contribution in [0.2, 0.25) is 0 Å². The summed E-state index contributed by atoms with van der Waals surface area (Å²) in [5.74, 6) is -0.984. The fraction of sp³-hybridized carbons (Fsp3) is 0.438. The minimum Gasteiger partial charge on any atom is -0.484 e. The Labute approximate surface area is 134 Å². The number of aliphatic carboxylic acids is 1. The van der Waals surface area contributed by atoms with Gasteiger partial charge in [0.25, 0.3) is 5.91 Å². The van der Waals surface area contributed by atoms with Gasteiger partial charge in [-0.2, -0.15) is 0 Å². The van der Waals surface area contributed by atoms with Crippen LogP contribution in [0.1, 0.15) is 19.8 Å². The monoisotopic (exact) mass is 320 g/mol. The van der Waals surface area contributed by atoms with Crippen LogP contribution in [0.15, 0.2) is 24.3 Å². The second-order valence-electron chi connectivity index (χ2n) is 5.60. The van der Waals surface area contributed by atoms with E-state index in [-0.39, 0.29) is 18.4 Å². The quantitative estimate of drug-likeness (QED) is 0.790. The molecule has 1 unspecified atom stereocenters. The smallest absolute Gasteiger partial charge is 0.326 e. The molecule has 2 rings (SSSR count). The minimum atomic E-state index is -1.08. The molecule has 7 heteroatoms. The van der Waals surface area contributed by atoms with Crippen LogP contribution in [0.25, 0.3) is 0 Å². The highest BCUT2D eigenvalue weighted by molar-refractivity contribution is 5.94. The number of carbonyl (C=O) groups is 3. The molecule has 1 atom stereocenters. The van der Waals surface area contributed by atoms with Crippen molar-refractivity contribution in [3.05, 3.63) is 24.3 Å². The number of carboxylic acid groups (broad SMARTS) is 1. The highest BCUT2D eigenvalue weighted by Crippen LogP contribution is 2.30. The first-order chi connectivity index (χ1) is 10.9. The third kappa shape index (κ3) is 4.70. The molecule has 2 N–H and O–H groups in total. The van der Waals surface area contributed by atoms with Crippen LogP contribution >= 0.6 is 0 Å². The van der Waals surface area contributed by atoms with Crippen molar-refractivity contribution >= 4 is 23.5 Å². The molecule has 1 aliphatic carbocycles. The number of ether oxygens (including phenoxy) is 1. The van der Waals surface area contributed by atoms with Gasteiger partial charge in [0, 0.05) is 24.7 Å². The number of likely N-dealkylation sites (N-methyl/N-ethyl adjacent to an activating group) is 1. The molecule has 2 amide bonds. The van der Waals surface area contributed by atoms with Crippen molar-refractivity contribution in [2.75, 3.05) is 19.0 Å². The zero-order valence-corrected chi connectivity index (χ0v) is 13.1. The third-order valence-electron chi connectivity index (χ3n) is 3.74. The minimum absolute atomic E-state index is 0.00626. The number of carbonyl (C=O) groups excluding carboxylic acids is 2. The van der Waals surface area contributed by atoms with Crippen LogP contribution in [0, 0.1) is 5.92 Å². The van der Waals surface area contributed by atoms with Crippen molar-refractivity contribution in [3.8, 4) is 5.75 Å². The highest BCUT2D eigenvalue weighted by atomic mass is 16.5. The van der Waals surface area contributed by atoms with Gasteiger partial charge >= 0.3 is 5.97 Å². The van der Waals surface area contributed by atoms with Gasteiger partial charge in [-0.3, -0.25) is 9.59 Å². The first-order valence-electron chi connectivity index (χ1n) is 7.40. The predicted molar refractivity (Wildman–Crippen MR) is 83.2 cm³/mol. The molecule has 1 aromatic carbocycles. The van der Waals surface area contributed by atoms with E-state index in [2.05, 4.69) is 5.32 Å². The van der Waals surface area contributed by atoms with Crippen molar-refractivity contribution in [1.82, 2.24) is 4.90 Å². The van der Waals surface area contributed by atoms with Gasteiger partial charge in [-0.05, 0) is 31.9 Å². The van der Waals surface area contributed by atoms with Crippen molar-refractivity contribution in [3.63, 3.8) is 0 Å². The third-order valence-corrected chi connectivity index (χ3v) is 3.74. The fourth-order valence-corrected chi connectivity index (χ4v) is 1.88. The Kier molecular flexibility index (Phi) is 5.20. The lowest BCUT2D eigenvalue weighted by molar-refractivity contribution is -0.148. The van der Waals surface area contributed by atoms with Crippen molar-refractivity contribution < 1.29 is 24.2 Å². The summed E-state index contributed by atoms with van der Waals surface area (Å²) in [6.45, 7) is 1.16. The Morgan fingerprint density at radius 2 is 2.09 bits per heavy atom. The van der Waals surface area contributed by atoms with E-state index in [4.69, 9.17) is 9.84 Å². The number of anilines is 1. The Hall–Kier alpha value is -2.57. The zero-order chi connectivity index (χ0) is 17.0. The van der Waals surface area contributed by atoms with Crippen LogP contribution in [-0.2, 0) is 14.4 Å². The molecule has 0 bridgehead atoms. The van der Waals surface area contributed by atoms with E-state index in [1.54, 1.807) is 24.3 Å². The van der Waals surface area contributed by atoms with Crippen LogP contribution in [0.3, 0.4) is 0 Å². The SMILES string of the molecule is CC(C(=O)O)N(C)C(=O)COc1cccc(NC(=O)C2CC2)c1. The summed E-state index contributed by atoms with van der Waals surface area (Å²) in [4.78, 5) is 35.6. The average Bonchev–Trinajstić information content (AvgIpc) is 3.36. The second-order valence-corrected chi connectivity index (χ2v) is 5.60. The number of hydrogen-bond donors (Lipinski definition) is 2. The van der Waals surface area contributed by atoms with Crippen LogP contribution in [0.5, 0.6) is 5.75 Å². The van der Waals surface area contributed by atoms with Crippen LogP contribution < -0.4 is 10.1 Å². The summed E-state index contributed by atoms with van der Waals surface area (Å²) >= 11 is 0. The number of rotatable bonds is 7. The molecule has 1 saturated carbocycles. The molecule has 0 saturated heterocycles. The molecule has 1 fully saturated rings. The largest absolute Gasteiger partial charge is 0.484 e. The molecule has 1 aliphatic rings. The molecule has 0 aliphatic heterocycles. The average molecular weight is 320 g/mol. The first-order valence-corrected chi connectivity index (χ1v) is 7.40. The maximum atomic E-state index is 11.9. The first kappa shape index (κ1) is 16.8. The molecule has 1 aromatic rings. The topological polar surface area (TPSA) is 95.9 Å². The number of benzene rings is 1. The Morgan fingerprint density at radius 3 is 2.70 bits per heavy atom. The van der Waals surface area contributed by atoms with E-state index in [0.717, 1.165) is 17.7 Å². The van der Waals surface area contributed by atoms with E-state index in [0.29, 0.717) is 11.4 Å². The van der Waals surface area contributed by atoms with E-state index in [1.165, 1.54) is 14.0 Å². The summed E-state index contributed by atoms with van der Waals surface area (Å²) in [5, 5.41) is 11.7. The molecule has 0 aromatic heterocycles. The standard InChI is InChI=1S/C16H20N2O5/c1-10(16(21)22)18(2)14(19)9-23-13-5-3-4-12(8-13)17-15(20)11-6-7-11/h3-5,8,10-11H,6-7,9H2,1-2H3,(H,17,20)(H,21,22). The Balaban J connectivity index is 1.88. The summed E-state index contributed by atoms with van der Waals surface area (Å²) < 4.78 is 5.38. The van der Waals surface area contributed by atoms with Crippen LogP contribution in [0.4, 0.5) is 5.69 Å². The summed E-state index contributed by atoms with van der Waals surface area (Å²) in [5.41, 5.74) is 0.610. The van der Waals surface area contributed by atoms with Gasteiger partial charge in [-0.1, -0.05) is 6.07 Å². The van der Waals surface area contributed by atoms with Crippen molar-refractivity contribution in [1.29, 1.82) is 0 Å². The maximum absolute atomic E-state index is 11.9. The molecular formula is C16H20N2O5. The van der Waals surface area contributed by atoms with E-state index >= 15 is 0 Å². The maximum Gasteiger partial charge on any atom is 0.326 e. The Morgan fingerprint density at radius 1 is 1.39 bits per heavy atom. The lowest BCUT2D eigenvalue weighted by Crippen LogP contribution is -2.42. The van der Waals surface area contributed by atoms with E-state index in [1.807, 2.05) is 0 Å². The number of carboxylic acids is 1. The molecule has 124 valence electrons. The summed E-state index contributed by atoms with van der Waals surface area (Å²) in [6, 6.07) is 5.84. The fourth-order valence-electron chi connectivity index (χ4n) is 1.88. The summed E-state index contributed by atoms with van der Waals surface area (Å²) in [6.07, 6.45) is 1.84. The van der Waals surface area contributed by atoms with E-state index in [9.17, 15) is 14.4 Å². The second kappa shape index (κ2) is 7.13. The van der Waals surface area contributed by atoms with Gasteiger partial charge in [0.05, 0.1) is 0 Å². The molecule has 0 radical (unpaired) electrons. The number of nitrogens with one attached hydrogen (secondary N) is 1. The Bertz CT molecular complexity index is 612. The van der Waals surface area contributed by atoms with Gasteiger partial charge < -0.3 is 20.1 Å². The predicted octanol–water partition coefficient (Wildman–Crippen LogP) is 1.35. The van der Waals surface area contributed by atoms with Gasteiger partial charge in [0.1, 0.15) is 11.8 Å². The lowest BCUT2D eigenvalue weighted by atomic mass is 10.3. The summed E-state index contributed by atoms with van der Waals surface area (Å²) in [7, 11) is 1.41. The van der Waals surface area contributed by atoms with Gasteiger partial charge in [0.2, 0.25) is 5.91 Å². The molecule has 0 spiro atoms. The zero-order valence-electron chi connectivity index (χ0n) is 13.1. The lowest BCUT2D eigenvalue weighted by Gasteiger charge is -2.21. The van der Waals surface area contributed by atoms with Crippen molar-refractivity contribution in [2.24, 2.45) is 5.92 Å². The number of amides is 2. The molecular weight excluding hydrogens is 300 g/mol. The van der Waals surface area contributed by atoms with Gasteiger partial charge in [-0.25, -0.2) is 4.79 Å². The van der Waals surface area contributed by atoms with Crippen molar-refractivity contribution in [2.45, 2.75) is 25.8 Å². The normalized spacial score (nSPS) is 14.7. The van der Waals surface area contributed by atoms with Gasteiger partial charge in [0.15, 0.2) is 6.61 Å². The number of nitrogens with zero attached hydrogens (tertiary/aromatic N) is 1. The van der Waals surface area contributed by atoms with E-state index < -0.39 is 17.9 Å². The molecule has 0 heterocycles.